The van der Waals surface area contributed by atoms with E-state index < -0.39 is 5.72 Å². The maximum absolute atomic E-state index is 13.5. The topological polar surface area (TPSA) is 53.9 Å². The number of halogens is 2. The van der Waals surface area contributed by atoms with Gasteiger partial charge >= 0.3 is 5.72 Å². The second-order valence-electron chi connectivity index (χ2n) is 8.05. The second-order valence-corrected chi connectivity index (χ2v) is 9.88. The number of nitrogens with one attached hydrogen (secondary N) is 1. The lowest BCUT2D eigenvalue weighted by atomic mass is 9.92. The molecule has 0 radical (unpaired) electrons. The molecule has 6 rings (SSSR count). The van der Waals surface area contributed by atoms with Crippen molar-refractivity contribution in [2.24, 2.45) is 5.10 Å². The van der Waals surface area contributed by atoms with Gasteiger partial charge in [-0.15, -0.1) is 0 Å². The molecule has 7 heteroatoms. The molecule has 0 aromatic heterocycles. The van der Waals surface area contributed by atoms with Gasteiger partial charge in [0, 0.05) is 20.9 Å². The van der Waals surface area contributed by atoms with Gasteiger partial charge in [-0.1, -0.05) is 55.6 Å². The van der Waals surface area contributed by atoms with Gasteiger partial charge in [0.25, 0.3) is 5.91 Å². The molecule has 3 aromatic carbocycles. The first kappa shape index (κ1) is 19.1. The Morgan fingerprint density at radius 2 is 1.84 bits per heavy atom. The van der Waals surface area contributed by atoms with Gasteiger partial charge in [0.15, 0.2) is 0 Å². The van der Waals surface area contributed by atoms with Crippen molar-refractivity contribution < 1.29 is 9.53 Å². The van der Waals surface area contributed by atoms with Crippen molar-refractivity contribution >= 4 is 49.2 Å². The summed E-state index contributed by atoms with van der Waals surface area (Å²) in [7, 11) is 0. The third-order valence-electron chi connectivity index (χ3n) is 6.10. The summed E-state index contributed by atoms with van der Waals surface area (Å²) in [5.41, 5.74) is 4.29. The van der Waals surface area contributed by atoms with Gasteiger partial charge in [-0.3, -0.25) is 4.79 Å². The van der Waals surface area contributed by atoms with E-state index in [1.54, 1.807) is 0 Å². The van der Waals surface area contributed by atoms with Crippen LogP contribution in [0.5, 0.6) is 5.75 Å². The molecule has 0 fully saturated rings. The monoisotopic (exact) mass is 537 g/mol. The van der Waals surface area contributed by atoms with E-state index in [2.05, 4.69) is 43.2 Å². The fraction of sp³-hybridized carbons (Fsp3) is 0.167. The Balaban J connectivity index is 1.58. The minimum Gasteiger partial charge on any atom is -0.453 e. The van der Waals surface area contributed by atoms with Crippen LogP contribution in [0.15, 0.2) is 74.7 Å². The van der Waals surface area contributed by atoms with E-state index in [0.29, 0.717) is 12.2 Å². The number of hydrogen-bond donors (Lipinski definition) is 1. The van der Waals surface area contributed by atoms with Crippen LogP contribution in [0.4, 0.5) is 5.69 Å². The maximum Gasteiger partial charge on any atom is 0.306 e. The first-order valence-electron chi connectivity index (χ1n) is 9.99. The van der Waals surface area contributed by atoms with Crippen LogP contribution in [0.1, 0.15) is 34.7 Å². The lowest BCUT2D eigenvalue weighted by molar-refractivity contribution is -0.161. The molecule has 1 spiro atoms. The first-order valence-corrected chi connectivity index (χ1v) is 11.6. The molecular weight excluding hydrogens is 522 g/mol. The lowest BCUT2D eigenvalue weighted by Crippen LogP contribution is -2.55. The Labute approximate surface area is 196 Å². The third-order valence-corrected chi connectivity index (χ3v) is 7.12. The number of fused-ring (bicyclic) bond motifs is 6. The van der Waals surface area contributed by atoms with Gasteiger partial charge in [-0.05, 0) is 55.0 Å². The van der Waals surface area contributed by atoms with Crippen molar-refractivity contribution in [2.75, 3.05) is 5.32 Å². The molecule has 0 saturated carbocycles. The number of carbonyl (C=O) groups excluding carboxylic acids is 1. The Kier molecular flexibility index (Phi) is 4.11. The number of rotatable bonds is 1. The van der Waals surface area contributed by atoms with E-state index in [1.165, 1.54) is 0 Å². The molecule has 1 N–H and O–H groups in total. The van der Waals surface area contributed by atoms with E-state index >= 15 is 0 Å². The minimum atomic E-state index is -1.33. The Bertz CT molecular complexity index is 1290. The summed E-state index contributed by atoms with van der Waals surface area (Å²) in [6.45, 7) is 2.02. The molecule has 31 heavy (non-hydrogen) atoms. The molecule has 0 saturated heterocycles. The largest absolute Gasteiger partial charge is 0.453 e. The third kappa shape index (κ3) is 2.72. The van der Waals surface area contributed by atoms with Crippen molar-refractivity contribution in [3.05, 3.63) is 91.9 Å². The summed E-state index contributed by atoms with van der Waals surface area (Å²) < 4.78 is 8.51. The van der Waals surface area contributed by atoms with Crippen molar-refractivity contribution in [2.45, 2.75) is 25.1 Å². The van der Waals surface area contributed by atoms with Crippen LogP contribution in [0.25, 0.3) is 0 Å². The zero-order chi connectivity index (χ0) is 21.3. The van der Waals surface area contributed by atoms with Crippen LogP contribution in [0.2, 0.25) is 0 Å². The van der Waals surface area contributed by atoms with E-state index in [0.717, 1.165) is 42.6 Å². The first-order chi connectivity index (χ1) is 15.0. The number of carbonyl (C=O) groups is 1. The molecule has 3 heterocycles. The van der Waals surface area contributed by atoms with Gasteiger partial charge < -0.3 is 10.1 Å². The van der Waals surface area contributed by atoms with Crippen molar-refractivity contribution in [3.63, 3.8) is 0 Å². The average molecular weight is 539 g/mol. The van der Waals surface area contributed by atoms with Crippen molar-refractivity contribution in [3.8, 4) is 5.75 Å². The molecule has 0 bridgehead atoms. The van der Waals surface area contributed by atoms with Crippen molar-refractivity contribution in [1.29, 1.82) is 0 Å². The van der Waals surface area contributed by atoms with Gasteiger partial charge in [0.1, 0.15) is 5.75 Å². The van der Waals surface area contributed by atoms with E-state index in [-0.39, 0.29) is 11.9 Å². The quantitative estimate of drug-likeness (QED) is 0.421. The number of nitrogens with zero attached hydrogens (tertiary/aromatic N) is 2. The minimum absolute atomic E-state index is 0.114. The smallest absolute Gasteiger partial charge is 0.306 e. The molecule has 3 aromatic rings. The highest BCUT2D eigenvalue weighted by Crippen LogP contribution is 2.54. The number of amides is 1. The number of anilines is 1. The molecular formula is C24H17Br2N3O2. The lowest BCUT2D eigenvalue weighted by Gasteiger charge is -2.44. The predicted octanol–water partition coefficient (Wildman–Crippen LogP) is 5.87. The number of benzene rings is 3. The Morgan fingerprint density at radius 1 is 1.06 bits per heavy atom. The normalized spacial score (nSPS) is 23.1. The highest BCUT2D eigenvalue weighted by atomic mass is 79.9. The van der Waals surface area contributed by atoms with Crippen molar-refractivity contribution in [1.82, 2.24) is 5.01 Å². The van der Waals surface area contributed by atoms with E-state index in [4.69, 9.17) is 9.84 Å². The molecule has 0 aliphatic carbocycles. The van der Waals surface area contributed by atoms with Crippen LogP contribution in [-0.2, 0) is 10.5 Å². The highest BCUT2D eigenvalue weighted by Gasteiger charge is 2.60. The molecule has 1 amide bonds. The summed E-state index contributed by atoms with van der Waals surface area (Å²) in [6.07, 6.45) is 0.685. The fourth-order valence-electron chi connectivity index (χ4n) is 4.64. The number of hydrazone groups is 1. The number of aryl methyl sites for hydroxylation is 1. The number of hydrogen-bond acceptors (Lipinski definition) is 4. The second kappa shape index (κ2) is 6.68. The summed E-state index contributed by atoms with van der Waals surface area (Å²) in [6, 6.07) is 19.9. The van der Waals surface area contributed by atoms with Gasteiger partial charge in [0.2, 0.25) is 0 Å². The zero-order valence-corrected chi connectivity index (χ0v) is 19.7. The summed E-state index contributed by atoms with van der Waals surface area (Å²) in [4.78, 5) is 13.5. The van der Waals surface area contributed by atoms with Crippen LogP contribution < -0.4 is 10.1 Å². The predicted molar refractivity (Wildman–Crippen MR) is 126 cm³/mol. The molecule has 3 aliphatic heterocycles. The van der Waals surface area contributed by atoms with E-state index in [9.17, 15) is 4.79 Å². The fourth-order valence-corrected chi connectivity index (χ4v) is 5.29. The summed E-state index contributed by atoms with van der Waals surface area (Å²) in [5.74, 6) is 0.494. The number of ether oxygens (including phenoxy) is 1. The molecule has 2 unspecified atom stereocenters. The van der Waals surface area contributed by atoms with Gasteiger partial charge in [-0.2, -0.15) is 5.10 Å². The molecule has 3 aliphatic rings. The standard InChI is InChI=1S/C24H17Br2N3O2/c1-13-2-8-19-18(10-13)24(23(30)27-19)29-21(17-11-16(26)7-9-22(17)31-24)12-20(28-29)14-3-5-15(25)6-4-14/h2-11,21H,12H2,1H3,(H,27,30). The highest BCUT2D eigenvalue weighted by molar-refractivity contribution is 9.10. The zero-order valence-electron chi connectivity index (χ0n) is 16.5. The SMILES string of the molecule is Cc1ccc2c(c1)C1(Oc3ccc(Br)cc3C3CC(c4ccc(Br)cc4)=NN31)C(=O)N2. The van der Waals surface area contributed by atoms with Gasteiger partial charge in [-0.25, -0.2) is 5.01 Å². The molecule has 2 atom stereocenters. The van der Waals surface area contributed by atoms with Gasteiger partial charge in [0.05, 0.1) is 23.0 Å². The average Bonchev–Trinajstić information content (AvgIpc) is 3.31. The Hall–Kier alpha value is -2.64. The summed E-state index contributed by atoms with van der Waals surface area (Å²) in [5, 5.41) is 9.86. The van der Waals surface area contributed by atoms with Crippen LogP contribution in [0.3, 0.4) is 0 Å². The maximum atomic E-state index is 13.5. The van der Waals surface area contributed by atoms with E-state index in [1.807, 2.05) is 66.5 Å². The molecule has 5 nitrogen and oxygen atoms in total. The Morgan fingerprint density at radius 3 is 2.65 bits per heavy atom. The van der Waals surface area contributed by atoms with Crippen LogP contribution in [0, 0.1) is 6.92 Å². The van der Waals surface area contributed by atoms with Crippen LogP contribution in [-0.4, -0.2) is 16.6 Å². The molecule has 154 valence electrons. The summed E-state index contributed by atoms with van der Waals surface area (Å²) >= 11 is 7.08. The van der Waals surface area contributed by atoms with Crippen LogP contribution >= 0.6 is 31.9 Å².